The van der Waals surface area contributed by atoms with E-state index in [-0.39, 0.29) is 42.1 Å². The summed E-state index contributed by atoms with van der Waals surface area (Å²) in [6.07, 6.45) is 1.08. The van der Waals surface area contributed by atoms with Crippen molar-refractivity contribution in [1.29, 1.82) is 0 Å². The molecule has 232 valence electrons. The Bertz CT molecular complexity index is 1580. The highest BCUT2D eigenvalue weighted by Crippen LogP contribution is 2.50. The van der Waals surface area contributed by atoms with Crippen molar-refractivity contribution in [3.05, 3.63) is 58.7 Å². The monoisotopic (exact) mass is 607 g/mol. The van der Waals surface area contributed by atoms with Crippen molar-refractivity contribution >= 4 is 23.7 Å². The second-order valence-electron chi connectivity index (χ2n) is 12.5. The number of fused-ring (bicyclic) bond motifs is 1. The van der Waals surface area contributed by atoms with E-state index in [2.05, 4.69) is 41.6 Å². The Morgan fingerprint density at radius 1 is 1.05 bits per heavy atom. The van der Waals surface area contributed by atoms with Gasteiger partial charge in [0.25, 0.3) is 12.3 Å². The third-order valence-corrected chi connectivity index (χ3v) is 7.93. The first-order valence-electron chi connectivity index (χ1n) is 15.0. The number of aromatic nitrogens is 2. The number of ether oxygens (including phenoxy) is 1. The lowest BCUT2D eigenvalue weighted by Crippen LogP contribution is -2.52. The summed E-state index contributed by atoms with van der Waals surface area (Å²) in [4.78, 5) is 38.6. The second kappa shape index (κ2) is 11.6. The SMILES string of the molecule is CC(C)C.O=C1CCC(N2Cc3c(cc(C4(Nc5nnc(-c6ccc(OC7CC7)cc6)o5)CC4)cc3C(F)F)C2=O)C(=O)N1. The number of hydrogen-bond donors (Lipinski definition) is 2. The van der Waals surface area contributed by atoms with Crippen LogP contribution in [0.15, 0.2) is 40.8 Å². The second-order valence-corrected chi connectivity index (χ2v) is 12.5. The molecule has 1 atom stereocenters. The van der Waals surface area contributed by atoms with E-state index in [0.29, 0.717) is 36.0 Å². The van der Waals surface area contributed by atoms with Gasteiger partial charge in [0.05, 0.1) is 11.6 Å². The largest absolute Gasteiger partial charge is 0.490 e. The number of piperidine rings is 1. The van der Waals surface area contributed by atoms with Gasteiger partial charge in [-0.05, 0) is 85.5 Å². The minimum absolute atomic E-state index is 0.0844. The van der Waals surface area contributed by atoms with Gasteiger partial charge in [0, 0.05) is 29.7 Å². The van der Waals surface area contributed by atoms with E-state index in [1.165, 1.54) is 11.0 Å². The standard InChI is InChI=1S/C28H25F2N5O5.C4H10/c29-23(30)18-11-15(12-19-20(18)13-35(26(19)38)21-7-8-22(36)31-24(21)37)28(9-10-28)32-27-34-33-25(40-27)14-1-3-16(4-2-14)39-17-5-6-17;1-4(2)3/h1-4,11-12,17,21,23H,5-10,13H2,(H,32,34)(H,31,36,37);4H,1-3H3. The Morgan fingerprint density at radius 2 is 1.75 bits per heavy atom. The maximum Gasteiger partial charge on any atom is 0.316 e. The van der Waals surface area contributed by atoms with Crippen LogP contribution in [0.5, 0.6) is 5.75 Å². The van der Waals surface area contributed by atoms with Gasteiger partial charge < -0.3 is 19.4 Å². The fourth-order valence-corrected chi connectivity index (χ4v) is 5.42. The first-order valence-corrected chi connectivity index (χ1v) is 15.0. The van der Waals surface area contributed by atoms with Crippen molar-refractivity contribution in [1.82, 2.24) is 20.4 Å². The smallest absolute Gasteiger partial charge is 0.316 e. The zero-order valence-electron chi connectivity index (χ0n) is 24.9. The predicted molar refractivity (Wildman–Crippen MR) is 156 cm³/mol. The van der Waals surface area contributed by atoms with Gasteiger partial charge in [-0.2, -0.15) is 0 Å². The summed E-state index contributed by atoms with van der Waals surface area (Å²) in [7, 11) is 0. The quantitative estimate of drug-likeness (QED) is 0.311. The molecule has 2 N–H and O–H groups in total. The molecule has 0 radical (unpaired) electrons. The minimum Gasteiger partial charge on any atom is -0.490 e. The van der Waals surface area contributed by atoms with Gasteiger partial charge in [0.15, 0.2) is 0 Å². The molecule has 2 saturated carbocycles. The number of imide groups is 1. The zero-order chi connectivity index (χ0) is 31.2. The van der Waals surface area contributed by atoms with Gasteiger partial charge in [-0.3, -0.25) is 19.7 Å². The topological polar surface area (TPSA) is 127 Å². The molecule has 3 fully saturated rings. The van der Waals surface area contributed by atoms with Crippen LogP contribution in [-0.4, -0.2) is 45.0 Å². The average Bonchev–Trinajstić information content (AvgIpc) is 3.88. The Labute approximate surface area is 253 Å². The van der Waals surface area contributed by atoms with Crippen molar-refractivity contribution in [2.75, 3.05) is 5.32 Å². The maximum atomic E-state index is 14.2. The fourth-order valence-electron chi connectivity index (χ4n) is 5.42. The number of benzene rings is 2. The molecular weight excluding hydrogens is 572 g/mol. The summed E-state index contributed by atoms with van der Waals surface area (Å²) < 4.78 is 40.1. The molecular formula is C32H35F2N5O5. The highest BCUT2D eigenvalue weighted by Gasteiger charge is 2.48. The van der Waals surface area contributed by atoms with Crippen LogP contribution >= 0.6 is 0 Å². The van der Waals surface area contributed by atoms with Crippen LogP contribution in [0.4, 0.5) is 14.8 Å². The molecule has 3 amide bonds. The molecule has 2 aromatic carbocycles. The van der Waals surface area contributed by atoms with Crippen molar-refractivity contribution in [3.8, 4) is 17.2 Å². The van der Waals surface area contributed by atoms with Crippen LogP contribution in [0, 0.1) is 5.92 Å². The number of rotatable bonds is 8. The van der Waals surface area contributed by atoms with Crippen LogP contribution < -0.4 is 15.4 Å². The van der Waals surface area contributed by atoms with Crippen LogP contribution in [0.2, 0.25) is 0 Å². The first-order chi connectivity index (χ1) is 21.0. The molecule has 1 aromatic heterocycles. The normalized spacial score (nSPS) is 20.3. The van der Waals surface area contributed by atoms with E-state index < -0.39 is 35.7 Å². The molecule has 44 heavy (non-hydrogen) atoms. The van der Waals surface area contributed by atoms with E-state index in [0.717, 1.165) is 24.5 Å². The molecule has 1 unspecified atom stereocenters. The lowest BCUT2D eigenvalue weighted by atomic mass is 9.94. The fraction of sp³-hybridized carbons (Fsp3) is 0.469. The summed E-state index contributed by atoms with van der Waals surface area (Å²) in [5, 5.41) is 13.7. The molecule has 3 aromatic rings. The van der Waals surface area contributed by atoms with Gasteiger partial charge in [0.1, 0.15) is 11.8 Å². The molecule has 10 nitrogen and oxygen atoms in total. The lowest BCUT2D eigenvalue weighted by molar-refractivity contribution is -0.136. The van der Waals surface area contributed by atoms with Gasteiger partial charge in [-0.25, -0.2) is 8.78 Å². The Morgan fingerprint density at radius 3 is 2.36 bits per heavy atom. The summed E-state index contributed by atoms with van der Waals surface area (Å²) in [6.45, 7) is 6.39. The van der Waals surface area contributed by atoms with E-state index in [4.69, 9.17) is 9.15 Å². The van der Waals surface area contributed by atoms with Gasteiger partial charge >= 0.3 is 6.01 Å². The van der Waals surface area contributed by atoms with Gasteiger partial charge in [-0.1, -0.05) is 25.9 Å². The zero-order valence-corrected chi connectivity index (χ0v) is 24.9. The molecule has 1 saturated heterocycles. The van der Waals surface area contributed by atoms with Crippen molar-refractivity contribution in [2.24, 2.45) is 5.92 Å². The lowest BCUT2D eigenvalue weighted by Gasteiger charge is -2.29. The highest BCUT2D eigenvalue weighted by molar-refractivity contribution is 6.05. The van der Waals surface area contributed by atoms with Crippen LogP contribution in [-0.2, 0) is 21.7 Å². The number of carbonyl (C=O) groups is 3. The molecule has 2 aliphatic heterocycles. The van der Waals surface area contributed by atoms with Crippen LogP contribution in [0.3, 0.4) is 0 Å². The van der Waals surface area contributed by atoms with E-state index >= 15 is 0 Å². The molecule has 2 aliphatic carbocycles. The number of nitrogens with one attached hydrogen (secondary N) is 2. The molecule has 0 bridgehead atoms. The summed E-state index contributed by atoms with van der Waals surface area (Å²) in [5.41, 5.74) is 0.589. The Kier molecular flexibility index (Phi) is 7.85. The third-order valence-electron chi connectivity index (χ3n) is 7.93. The number of nitrogens with zero attached hydrogens (tertiary/aromatic N) is 3. The van der Waals surface area contributed by atoms with Crippen LogP contribution in [0.1, 0.15) is 92.8 Å². The van der Waals surface area contributed by atoms with E-state index in [1.54, 1.807) is 6.07 Å². The van der Waals surface area contributed by atoms with Gasteiger partial charge in [0.2, 0.25) is 17.7 Å². The van der Waals surface area contributed by atoms with Crippen LogP contribution in [0.25, 0.3) is 11.5 Å². The van der Waals surface area contributed by atoms with E-state index in [1.807, 2.05) is 24.3 Å². The summed E-state index contributed by atoms with van der Waals surface area (Å²) >= 11 is 0. The van der Waals surface area contributed by atoms with Crippen molar-refractivity contribution < 1.29 is 32.3 Å². The van der Waals surface area contributed by atoms with Gasteiger partial charge in [-0.15, -0.1) is 5.10 Å². The number of alkyl halides is 2. The first kappa shape index (κ1) is 29.7. The molecule has 0 spiro atoms. The third kappa shape index (κ3) is 6.15. The number of carbonyl (C=O) groups excluding carboxylic acids is 3. The Hall–Kier alpha value is -4.35. The molecule has 7 rings (SSSR count). The maximum absolute atomic E-state index is 14.2. The predicted octanol–water partition coefficient (Wildman–Crippen LogP) is 5.74. The summed E-state index contributed by atoms with van der Waals surface area (Å²) in [5.74, 6) is 0.408. The number of anilines is 1. The minimum atomic E-state index is -2.82. The average molecular weight is 608 g/mol. The van der Waals surface area contributed by atoms with Crippen molar-refractivity contribution in [2.45, 2.75) is 90.0 Å². The number of halogens is 2. The number of amides is 3. The molecule has 3 heterocycles. The molecule has 4 aliphatic rings. The Balaban J connectivity index is 0.000000810. The van der Waals surface area contributed by atoms with E-state index in [9.17, 15) is 23.2 Å². The number of hydrogen-bond acceptors (Lipinski definition) is 8. The summed E-state index contributed by atoms with van der Waals surface area (Å²) in [6, 6.07) is 9.64. The van der Waals surface area contributed by atoms with Crippen molar-refractivity contribution in [3.63, 3.8) is 0 Å². The molecule has 12 heteroatoms. The highest BCUT2D eigenvalue weighted by atomic mass is 19.3.